The van der Waals surface area contributed by atoms with E-state index in [1.807, 2.05) is 42.5 Å². The Hall–Kier alpha value is -2.01. The van der Waals surface area contributed by atoms with Crippen molar-refractivity contribution in [2.24, 2.45) is 0 Å². The van der Waals surface area contributed by atoms with Gasteiger partial charge in [-0.15, -0.1) is 0 Å². The summed E-state index contributed by atoms with van der Waals surface area (Å²) >= 11 is 3.36. The molecule has 0 aliphatic carbocycles. The van der Waals surface area contributed by atoms with Crippen molar-refractivity contribution in [3.63, 3.8) is 0 Å². The summed E-state index contributed by atoms with van der Waals surface area (Å²) in [4.78, 5) is 11.8. The molecule has 0 fully saturated rings. The summed E-state index contributed by atoms with van der Waals surface area (Å²) in [5.74, 6) is 1.16. The average Bonchev–Trinajstić information content (AvgIpc) is 2.95. The van der Waals surface area contributed by atoms with Gasteiger partial charge in [0.2, 0.25) is 6.79 Å². The van der Waals surface area contributed by atoms with E-state index in [9.17, 15) is 4.79 Å². The van der Waals surface area contributed by atoms with Crippen molar-refractivity contribution in [3.05, 3.63) is 58.1 Å². The van der Waals surface area contributed by atoms with E-state index in [4.69, 9.17) is 14.2 Å². The summed E-state index contributed by atoms with van der Waals surface area (Å²) in [7, 11) is 0. The second kappa shape index (κ2) is 6.18. The molecule has 0 atom stereocenters. The fraction of sp³-hybridized carbons (Fsp3) is 0.188. The minimum Gasteiger partial charge on any atom is -0.461 e. The van der Waals surface area contributed by atoms with Crippen molar-refractivity contribution in [2.75, 3.05) is 6.79 Å². The summed E-state index contributed by atoms with van der Waals surface area (Å²) in [6.07, 6.45) is 0.262. The zero-order chi connectivity index (χ0) is 14.7. The molecule has 0 bridgehead atoms. The number of rotatable bonds is 4. The number of esters is 1. The third-order valence-corrected chi connectivity index (χ3v) is 3.63. The third-order valence-electron chi connectivity index (χ3n) is 3.10. The molecule has 0 N–H and O–H groups in total. The van der Waals surface area contributed by atoms with Crippen molar-refractivity contribution >= 4 is 21.9 Å². The summed E-state index contributed by atoms with van der Waals surface area (Å²) in [5.41, 5.74) is 1.80. The van der Waals surface area contributed by atoms with E-state index in [1.54, 1.807) is 0 Å². The highest BCUT2D eigenvalue weighted by atomic mass is 79.9. The van der Waals surface area contributed by atoms with Crippen molar-refractivity contribution in [1.82, 2.24) is 0 Å². The molecule has 0 spiro atoms. The Bertz CT molecular complexity index is 652. The van der Waals surface area contributed by atoms with Crippen molar-refractivity contribution in [1.29, 1.82) is 0 Å². The molecule has 0 unspecified atom stereocenters. The van der Waals surface area contributed by atoms with Gasteiger partial charge in [-0.05, 0) is 35.4 Å². The Morgan fingerprint density at radius 2 is 1.76 bits per heavy atom. The maximum absolute atomic E-state index is 11.8. The SMILES string of the molecule is O=C(Cc1ccc(Br)cc1)OCc1ccc2c(c1)OCO2. The van der Waals surface area contributed by atoms with E-state index >= 15 is 0 Å². The number of carbonyl (C=O) groups excluding carboxylic acids is 1. The molecule has 108 valence electrons. The molecule has 5 heteroatoms. The van der Waals surface area contributed by atoms with Crippen LogP contribution < -0.4 is 9.47 Å². The normalized spacial score (nSPS) is 12.2. The topological polar surface area (TPSA) is 44.8 Å². The van der Waals surface area contributed by atoms with Crippen LogP contribution in [0, 0.1) is 0 Å². The lowest BCUT2D eigenvalue weighted by atomic mass is 10.1. The smallest absolute Gasteiger partial charge is 0.310 e. The molecule has 21 heavy (non-hydrogen) atoms. The van der Waals surface area contributed by atoms with Crippen LogP contribution in [0.25, 0.3) is 0 Å². The highest BCUT2D eigenvalue weighted by Crippen LogP contribution is 2.32. The summed E-state index contributed by atoms with van der Waals surface area (Å²) in [6.45, 7) is 0.466. The molecule has 0 radical (unpaired) electrons. The standard InChI is InChI=1S/C16H13BrO4/c17-13-4-1-11(2-5-13)8-16(18)19-9-12-3-6-14-15(7-12)21-10-20-14/h1-7H,8-10H2. The molecular formula is C16H13BrO4. The van der Waals surface area contributed by atoms with Gasteiger partial charge in [0.25, 0.3) is 0 Å². The summed E-state index contributed by atoms with van der Waals surface area (Å²) < 4.78 is 16.8. The molecular weight excluding hydrogens is 336 g/mol. The summed E-state index contributed by atoms with van der Waals surface area (Å²) in [5, 5.41) is 0. The molecule has 2 aromatic rings. The molecule has 0 saturated carbocycles. The Kier molecular flexibility index (Phi) is 4.10. The monoisotopic (exact) mass is 348 g/mol. The minimum atomic E-state index is -0.255. The lowest BCUT2D eigenvalue weighted by molar-refractivity contribution is -0.144. The number of ether oxygens (including phenoxy) is 3. The van der Waals surface area contributed by atoms with Crippen molar-refractivity contribution in [2.45, 2.75) is 13.0 Å². The molecule has 0 amide bonds. The van der Waals surface area contributed by atoms with Crippen molar-refractivity contribution < 1.29 is 19.0 Å². The summed E-state index contributed by atoms with van der Waals surface area (Å²) in [6, 6.07) is 13.1. The van der Waals surface area contributed by atoms with Gasteiger partial charge in [0.15, 0.2) is 11.5 Å². The van der Waals surface area contributed by atoms with Crippen molar-refractivity contribution in [3.8, 4) is 11.5 Å². The molecule has 4 nitrogen and oxygen atoms in total. The Balaban J connectivity index is 1.55. The number of fused-ring (bicyclic) bond motifs is 1. The molecule has 1 aliphatic rings. The van der Waals surface area contributed by atoms with E-state index in [-0.39, 0.29) is 25.8 Å². The lowest BCUT2D eigenvalue weighted by Crippen LogP contribution is -2.07. The Labute approximate surface area is 130 Å². The number of hydrogen-bond donors (Lipinski definition) is 0. The van der Waals surface area contributed by atoms with Crippen LogP contribution in [-0.4, -0.2) is 12.8 Å². The van der Waals surface area contributed by atoms with Gasteiger partial charge in [0, 0.05) is 4.47 Å². The van der Waals surface area contributed by atoms with Crippen LogP contribution in [0.4, 0.5) is 0 Å². The average molecular weight is 349 g/mol. The van der Waals surface area contributed by atoms with E-state index in [0.717, 1.165) is 21.3 Å². The van der Waals surface area contributed by atoms with Crippen LogP contribution in [0.3, 0.4) is 0 Å². The van der Waals surface area contributed by atoms with Crippen LogP contribution in [0.2, 0.25) is 0 Å². The first-order valence-corrected chi connectivity index (χ1v) is 7.28. The molecule has 0 aromatic heterocycles. The largest absolute Gasteiger partial charge is 0.461 e. The van der Waals surface area contributed by atoms with Crippen LogP contribution in [0.15, 0.2) is 46.9 Å². The van der Waals surface area contributed by atoms with Gasteiger partial charge in [0.1, 0.15) is 6.61 Å². The van der Waals surface area contributed by atoms with Gasteiger partial charge in [-0.25, -0.2) is 0 Å². The van der Waals surface area contributed by atoms with E-state index in [0.29, 0.717) is 5.75 Å². The fourth-order valence-electron chi connectivity index (χ4n) is 2.01. The van der Waals surface area contributed by atoms with E-state index in [1.165, 1.54) is 0 Å². The lowest BCUT2D eigenvalue weighted by Gasteiger charge is -2.06. The van der Waals surface area contributed by atoms with Gasteiger partial charge in [-0.3, -0.25) is 4.79 Å². The van der Waals surface area contributed by atoms with Gasteiger partial charge in [-0.2, -0.15) is 0 Å². The number of benzene rings is 2. The van der Waals surface area contributed by atoms with Crippen LogP contribution in [0.5, 0.6) is 11.5 Å². The van der Waals surface area contributed by atoms with E-state index < -0.39 is 0 Å². The van der Waals surface area contributed by atoms with E-state index in [2.05, 4.69) is 15.9 Å². The zero-order valence-electron chi connectivity index (χ0n) is 11.2. The first-order chi connectivity index (χ1) is 10.2. The maximum Gasteiger partial charge on any atom is 0.310 e. The number of halogens is 1. The first-order valence-electron chi connectivity index (χ1n) is 6.49. The molecule has 0 saturated heterocycles. The highest BCUT2D eigenvalue weighted by Gasteiger charge is 2.14. The Morgan fingerprint density at radius 3 is 2.57 bits per heavy atom. The Morgan fingerprint density at radius 1 is 1.05 bits per heavy atom. The van der Waals surface area contributed by atoms with Gasteiger partial charge >= 0.3 is 5.97 Å². The van der Waals surface area contributed by atoms with Gasteiger partial charge in [-0.1, -0.05) is 34.1 Å². The van der Waals surface area contributed by atoms with Gasteiger partial charge < -0.3 is 14.2 Å². The highest BCUT2D eigenvalue weighted by molar-refractivity contribution is 9.10. The van der Waals surface area contributed by atoms with Crippen LogP contribution >= 0.6 is 15.9 Å². The number of hydrogen-bond acceptors (Lipinski definition) is 4. The second-order valence-electron chi connectivity index (χ2n) is 4.65. The number of carbonyl (C=O) groups is 1. The first kappa shape index (κ1) is 13.9. The second-order valence-corrected chi connectivity index (χ2v) is 5.57. The predicted molar refractivity (Wildman–Crippen MR) is 80.2 cm³/mol. The molecule has 3 rings (SSSR count). The van der Waals surface area contributed by atoms with Gasteiger partial charge in [0.05, 0.1) is 6.42 Å². The molecule has 1 heterocycles. The quantitative estimate of drug-likeness (QED) is 0.793. The zero-order valence-corrected chi connectivity index (χ0v) is 12.8. The third kappa shape index (κ3) is 3.55. The predicted octanol–water partition coefficient (Wildman–Crippen LogP) is 3.46. The fourth-order valence-corrected chi connectivity index (χ4v) is 2.28. The van der Waals surface area contributed by atoms with Crippen LogP contribution in [-0.2, 0) is 22.6 Å². The van der Waals surface area contributed by atoms with Crippen LogP contribution in [0.1, 0.15) is 11.1 Å². The maximum atomic E-state index is 11.8. The molecule has 1 aliphatic heterocycles. The molecule has 2 aromatic carbocycles. The minimum absolute atomic E-state index is 0.228.